The molecule has 0 unspecified atom stereocenters. The van der Waals surface area contributed by atoms with Crippen molar-refractivity contribution >= 4 is 11.8 Å². The summed E-state index contributed by atoms with van der Waals surface area (Å²) in [5.41, 5.74) is 11.0. The van der Waals surface area contributed by atoms with Gasteiger partial charge in [0.15, 0.2) is 0 Å². The minimum atomic E-state index is 0.156. The smallest absolute Gasteiger partial charge is 0.225 e. The summed E-state index contributed by atoms with van der Waals surface area (Å²) >= 11 is 0. The van der Waals surface area contributed by atoms with Gasteiger partial charge in [-0.25, -0.2) is 0 Å². The van der Waals surface area contributed by atoms with Crippen molar-refractivity contribution in [1.82, 2.24) is 9.97 Å². The van der Waals surface area contributed by atoms with Crippen molar-refractivity contribution < 1.29 is 4.74 Å². The predicted octanol–water partition coefficient (Wildman–Crippen LogP) is 2.38. The van der Waals surface area contributed by atoms with Gasteiger partial charge < -0.3 is 16.2 Å². The molecule has 0 aliphatic carbocycles. The van der Waals surface area contributed by atoms with E-state index in [1.165, 1.54) is 32.1 Å². The van der Waals surface area contributed by atoms with E-state index in [0.717, 1.165) is 6.42 Å². The van der Waals surface area contributed by atoms with Crippen LogP contribution in [0.15, 0.2) is 6.07 Å². The normalized spacial score (nSPS) is 10.4. The Balaban J connectivity index is 2.13. The SMILES string of the molecule is CCCCCCCCOc1cc(N)nc(N)n1. The molecule has 0 fully saturated rings. The van der Waals surface area contributed by atoms with E-state index in [0.29, 0.717) is 18.3 Å². The second-order valence-electron chi connectivity index (χ2n) is 4.11. The molecule has 0 bridgehead atoms. The van der Waals surface area contributed by atoms with Gasteiger partial charge in [-0.3, -0.25) is 0 Å². The van der Waals surface area contributed by atoms with Crippen molar-refractivity contribution in [2.45, 2.75) is 45.4 Å². The van der Waals surface area contributed by atoms with Crippen molar-refractivity contribution in [1.29, 1.82) is 0 Å². The quantitative estimate of drug-likeness (QED) is 0.679. The molecule has 17 heavy (non-hydrogen) atoms. The third-order valence-corrected chi connectivity index (χ3v) is 2.49. The first-order valence-corrected chi connectivity index (χ1v) is 6.25. The Hall–Kier alpha value is -1.52. The summed E-state index contributed by atoms with van der Waals surface area (Å²) in [4.78, 5) is 7.72. The van der Waals surface area contributed by atoms with Crippen LogP contribution in [0.4, 0.5) is 11.8 Å². The highest BCUT2D eigenvalue weighted by Crippen LogP contribution is 2.12. The van der Waals surface area contributed by atoms with Crippen LogP contribution in [0.25, 0.3) is 0 Å². The van der Waals surface area contributed by atoms with Crippen LogP contribution >= 0.6 is 0 Å². The molecule has 1 rings (SSSR count). The van der Waals surface area contributed by atoms with Gasteiger partial charge in [0.05, 0.1) is 6.61 Å². The lowest BCUT2D eigenvalue weighted by Crippen LogP contribution is -2.04. The zero-order valence-electron chi connectivity index (χ0n) is 10.5. The molecule has 1 aromatic rings. The van der Waals surface area contributed by atoms with E-state index in [4.69, 9.17) is 16.2 Å². The highest BCUT2D eigenvalue weighted by Gasteiger charge is 2.00. The number of rotatable bonds is 8. The first kappa shape index (κ1) is 13.5. The Morgan fingerprint density at radius 1 is 1.06 bits per heavy atom. The molecule has 0 aromatic carbocycles. The molecule has 0 spiro atoms. The molecule has 0 atom stereocenters. The van der Waals surface area contributed by atoms with E-state index in [1.54, 1.807) is 6.07 Å². The van der Waals surface area contributed by atoms with E-state index in [9.17, 15) is 0 Å². The zero-order valence-corrected chi connectivity index (χ0v) is 10.5. The fourth-order valence-electron chi connectivity index (χ4n) is 1.59. The standard InChI is InChI=1S/C12H22N4O/c1-2-3-4-5-6-7-8-17-11-9-10(13)15-12(14)16-11/h9H,2-8H2,1H3,(H4,13,14,15,16). The minimum absolute atomic E-state index is 0.156. The van der Waals surface area contributed by atoms with Crippen LogP contribution in [0.2, 0.25) is 0 Å². The highest BCUT2D eigenvalue weighted by molar-refractivity contribution is 5.38. The molecule has 0 aliphatic rings. The highest BCUT2D eigenvalue weighted by atomic mass is 16.5. The van der Waals surface area contributed by atoms with Gasteiger partial charge in [0.25, 0.3) is 0 Å². The predicted molar refractivity (Wildman–Crippen MR) is 69.7 cm³/mol. The second-order valence-corrected chi connectivity index (χ2v) is 4.11. The number of anilines is 2. The number of unbranched alkanes of at least 4 members (excludes halogenated alkanes) is 5. The summed E-state index contributed by atoms with van der Waals surface area (Å²) in [7, 11) is 0. The molecule has 1 heterocycles. The topological polar surface area (TPSA) is 87.0 Å². The lowest BCUT2D eigenvalue weighted by atomic mass is 10.1. The lowest BCUT2D eigenvalue weighted by Gasteiger charge is -2.06. The molecule has 5 heteroatoms. The van der Waals surface area contributed by atoms with E-state index in [1.807, 2.05) is 0 Å². The largest absolute Gasteiger partial charge is 0.477 e. The van der Waals surface area contributed by atoms with Gasteiger partial charge in [0.2, 0.25) is 11.8 Å². The van der Waals surface area contributed by atoms with Gasteiger partial charge in [-0.2, -0.15) is 9.97 Å². The molecule has 1 aromatic heterocycles. The van der Waals surface area contributed by atoms with Crippen LogP contribution in [-0.2, 0) is 0 Å². The number of nitrogens with two attached hydrogens (primary N) is 2. The van der Waals surface area contributed by atoms with E-state index >= 15 is 0 Å². The molecule has 5 nitrogen and oxygen atoms in total. The molecule has 0 aliphatic heterocycles. The number of hydrogen-bond acceptors (Lipinski definition) is 5. The van der Waals surface area contributed by atoms with Gasteiger partial charge in [-0.05, 0) is 6.42 Å². The van der Waals surface area contributed by atoms with Crippen LogP contribution < -0.4 is 16.2 Å². The lowest BCUT2D eigenvalue weighted by molar-refractivity contribution is 0.293. The Morgan fingerprint density at radius 3 is 2.47 bits per heavy atom. The molecular weight excluding hydrogens is 216 g/mol. The van der Waals surface area contributed by atoms with E-state index in [-0.39, 0.29) is 5.95 Å². The summed E-state index contributed by atoms with van der Waals surface area (Å²) in [6.45, 7) is 2.87. The summed E-state index contributed by atoms with van der Waals surface area (Å²) in [5.74, 6) is 0.960. The average Bonchev–Trinajstić information content (AvgIpc) is 2.26. The monoisotopic (exact) mass is 238 g/mol. The third-order valence-electron chi connectivity index (χ3n) is 2.49. The van der Waals surface area contributed by atoms with Gasteiger partial charge >= 0.3 is 0 Å². The van der Waals surface area contributed by atoms with E-state index in [2.05, 4.69) is 16.9 Å². The van der Waals surface area contributed by atoms with Crippen LogP contribution in [0, 0.1) is 0 Å². The van der Waals surface area contributed by atoms with Crippen molar-refractivity contribution in [2.75, 3.05) is 18.1 Å². The molecule has 4 N–H and O–H groups in total. The Bertz CT molecular complexity index is 310. The summed E-state index contributed by atoms with van der Waals surface area (Å²) in [6, 6.07) is 1.59. The van der Waals surface area contributed by atoms with Gasteiger partial charge in [-0.15, -0.1) is 0 Å². The Morgan fingerprint density at radius 2 is 1.76 bits per heavy atom. The number of ether oxygens (including phenoxy) is 1. The third kappa shape index (κ3) is 5.94. The van der Waals surface area contributed by atoms with Crippen LogP contribution in [0.1, 0.15) is 45.4 Å². The molecule has 0 saturated carbocycles. The average molecular weight is 238 g/mol. The fraction of sp³-hybridized carbons (Fsp3) is 0.667. The van der Waals surface area contributed by atoms with Gasteiger partial charge in [-0.1, -0.05) is 39.0 Å². The van der Waals surface area contributed by atoms with Gasteiger partial charge in [0, 0.05) is 6.07 Å². The Kier molecular flexibility index (Phi) is 6.14. The summed E-state index contributed by atoms with van der Waals surface area (Å²) in [5, 5.41) is 0. The maximum absolute atomic E-state index is 5.53. The first-order chi connectivity index (χ1) is 8.22. The number of hydrogen-bond donors (Lipinski definition) is 2. The first-order valence-electron chi connectivity index (χ1n) is 6.25. The van der Waals surface area contributed by atoms with Crippen LogP contribution in [-0.4, -0.2) is 16.6 Å². The minimum Gasteiger partial charge on any atom is -0.477 e. The van der Waals surface area contributed by atoms with Gasteiger partial charge in [0.1, 0.15) is 5.82 Å². The molecular formula is C12H22N4O. The maximum atomic E-state index is 5.53. The van der Waals surface area contributed by atoms with Crippen LogP contribution in [0.3, 0.4) is 0 Å². The number of nitrogens with zero attached hydrogens (tertiary/aromatic N) is 2. The number of aromatic nitrogens is 2. The maximum Gasteiger partial charge on any atom is 0.225 e. The molecule has 0 radical (unpaired) electrons. The summed E-state index contributed by atoms with van der Waals surface area (Å²) in [6.07, 6.45) is 7.40. The van der Waals surface area contributed by atoms with Crippen molar-refractivity contribution in [3.63, 3.8) is 0 Å². The molecule has 0 amide bonds. The number of nitrogen functional groups attached to an aromatic ring is 2. The van der Waals surface area contributed by atoms with Crippen LogP contribution in [0.5, 0.6) is 5.88 Å². The van der Waals surface area contributed by atoms with Crippen molar-refractivity contribution in [3.8, 4) is 5.88 Å². The second kappa shape index (κ2) is 7.70. The van der Waals surface area contributed by atoms with E-state index < -0.39 is 0 Å². The van der Waals surface area contributed by atoms with Crippen molar-refractivity contribution in [3.05, 3.63) is 6.07 Å². The molecule has 96 valence electrons. The summed E-state index contributed by atoms with van der Waals surface area (Å²) < 4.78 is 5.46. The molecule has 0 saturated heterocycles. The fourth-order valence-corrected chi connectivity index (χ4v) is 1.59. The van der Waals surface area contributed by atoms with Crippen molar-refractivity contribution in [2.24, 2.45) is 0 Å². The Labute approximate surface area is 103 Å². The zero-order chi connectivity index (χ0) is 12.5.